The van der Waals surface area contributed by atoms with Crippen molar-refractivity contribution in [3.05, 3.63) is 4.91 Å². The Hall–Kier alpha value is -1.13. The topological polar surface area (TPSA) is 78.0 Å². The van der Waals surface area contributed by atoms with Crippen LogP contribution in [-0.4, -0.2) is 5.84 Å². The van der Waals surface area contributed by atoms with E-state index in [0.29, 0.717) is 6.42 Å². The predicted octanol–water partition coefficient (Wildman–Crippen LogP) is 1.51. The summed E-state index contributed by atoms with van der Waals surface area (Å²) in [7, 11) is 0. The zero-order valence-electron chi connectivity index (χ0n) is 4.46. The van der Waals surface area contributed by atoms with Crippen LogP contribution < -0.4 is 0 Å². The standard InChI is InChI=1S/C3H6N4O/c1-2-3(5-4)6-7-8/h4H,2H2,1H3/b5-4?,6-3-. The quantitative estimate of drug-likeness (QED) is 0.191. The van der Waals surface area contributed by atoms with E-state index in [9.17, 15) is 4.91 Å². The maximum Gasteiger partial charge on any atom is 0.175 e. The molecule has 0 unspecified atom stereocenters. The second-order valence-corrected chi connectivity index (χ2v) is 1.06. The molecule has 44 valence electrons. The van der Waals surface area contributed by atoms with Gasteiger partial charge in [0.15, 0.2) is 5.84 Å². The van der Waals surface area contributed by atoms with Crippen molar-refractivity contribution >= 4 is 5.84 Å². The van der Waals surface area contributed by atoms with Gasteiger partial charge in [0.1, 0.15) is 0 Å². The van der Waals surface area contributed by atoms with Crippen molar-refractivity contribution in [1.29, 1.82) is 5.53 Å². The van der Waals surface area contributed by atoms with Crippen LogP contribution in [-0.2, 0) is 0 Å². The minimum absolute atomic E-state index is 0.153. The highest BCUT2D eigenvalue weighted by Gasteiger charge is 1.87. The first-order valence-electron chi connectivity index (χ1n) is 2.11. The second kappa shape index (κ2) is 4.04. The molecule has 0 heterocycles. The highest BCUT2D eigenvalue weighted by Crippen LogP contribution is 1.86. The Labute approximate surface area is 46.3 Å². The molecule has 0 spiro atoms. The lowest BCUT2D eigenvalue weighted by Gasteiger charge is -1.81. The average molecular weight is 114 g/mol. The molecule has 5 heteroatoms. The Morgan fingerprint density at radius 2 is 2.38 bits per heavy atom. The molecular weight excluding hydrogens is 108 g/mol. The fraction of sp³-hybridized carbons (Fsp3) is 0.667. The van der Waals surface area contributed by atoms with Gasteiger partial charge in [-0.05, 0) is 0 Å². The number of hydrogen-bond acceptors (Lipinski definition) is 3. The van der Waals surface area contributed by atoms with Crippen molar-refractivity contribution in [3.63, 3.8) is 0 Å². The summed E-state index contributed by atoms with van der Waals surface area (Å²) in [4.78, 5) is 9.35. The summed E-state index contributed by atoms with van der Waals surface area (Å²) >= 11 is 0. The van der Waals surface area contributed by atoms with Crippen LogP contribution in [0.5, 0.6) is 0 Å². The van der Waals surface area contributed by atoms with Crippen LogP contribution in [0, 0.1) is 10.4 Å². The fourth-order valence-electron chi connectivity index (χ4n) is 0.219. The van der Waals surface area contributed by atoms with Gasteiger partial charge in [-0.1, -0.05) is 12.0 Å². The summed E-state index contributed by atoms with van der Waals surface area (Å²) in [5, 5.41) is 8.10. The third kappa shape index (κ3) is 2.12. The van der Waals surface area contributed by atoms with Gasteiger partial charge in [-0.15, -0.1) is 10.0 Å². The highest BCUT2D eigenvalue weighted by atomic mass is 16.3. The molecule has 0 aliphatic carbocycles. The number of nitrogens with zero attached hydrogens (tertiary/aromatic N) is 3. The highest BCUT2D eigenvalue weighted by molar-refractivity contribution is 5.81. The van der Waals surface area contributed by atoms with Gasteiger partial charge >= 0.3 is 0 Å². The zero-order chi connectivity index (χ0) is 6.41. The van der Waals surface area contributed by atoms with Crippen LogP contribution in [0.4, 0.5) is 0 Å². The Morgan fingerprint density at radius 3 is 2.50 bits per heavy atom. The van der Waals surface area contributed by atoms with Crippen LogP contribution in [0.25, 0.3) is 0 Å². The van der Waals surface area contributed by atoms with Gasteiger partial charge < -0.3 is 0 Å². The molecule has 0 bridgehead atoms. The van der Waals surface area contributed by atoms with Crippen molar-refractivity contribution in [2.45, 2.75) is 13.3 Å². The molecule has 0 atom stereocenters. The number of nitroso groups, excluding NO2 is 1. The van der Waals surface area contributed by atoms with Crippen molar-refractivity contribution < 1.29 is 0 Å². The maximum atomic E-state index is 9.35. The molecule has 8 heavy (non-hydrogen) atoms. The molecule has 0 aromatic carbocycles. The monoisotopic (exact) mass is 114 g/mol. The number of amidine groups is 1. The summed E-state index contributed by atoms with van der Waals surface area (Å²) < 4.78 is 0. The molecule has 0 aromatic rings. The first-order chi connectivity index (χ1) is 3.85. The molecule has 0 fully saturated rings. The molecular formula is C3H6N4O. The average Bonchev–Trinajstić information content (AvgIpc) is 1.83. The Kier molecular flexibility index (Phi) is 3.47. The summed E-state index contributed by atoms with van der Waals surface area (Å²) in [5.41, 5.74) is 6.36. The van der Waals surface area contributed by atoms with E-state index in [1.165, 1.54) is 0 Å². The second-order valence-electron chi connectivity index (χ2n) is 1.06. The zero-order valence-corrected chi connectivity index (χ0v) is 4.46. The Bertz CT molecular complexity index is 118. The van der Waals surface area contributed by atoms with E-state index in [2.05, 4.69) is 15.5 Å². The van der Waals surface area contributed by atoms with Gasteiger partial charge in [0.05, 0.1) is 5.29 Å². The van der Waals surface area contributed by atoms with Crippen molar-refractivity contribution in [1.82, 2.24) is 0 Å². The lowest BCUT2D eigenvalue weighted by molar-refractivity contribution is 1.07. The lowest BCUT2D eigenvalue weighted by Crippen LogP contribution is -1.85. The van der Waals surface area contributed by atoms with E-state index in [0.717, 1.165) is 0 Å². The van der Waals surface area contributed by atoms with Gasteiger partial charge in [-0.2, -0.15) is 0 Å². The van der Waals surface area contributed by atoms with Gasteiger partial charge in [0, 0.05) is 6.42 Å². The first-order valence-corrected chi connectivity index (χ1v) is 2.11. The number of rotatable bonds is 2. The minimum Gasteiger partial charge on any atom is -0.203 e. The minimum atomic E-state index is 0.153. The van der Waals surface area contributed by atoms with E-state index in [1.54, 1.807) is 6.92 Å². The van der Waals surface area contributed by atoms with Crippen LogP contribution in [0.15, 0.2) is 15.5 Å². The number of nitrogens with one attached hydrogen (secondary N) is 1. The maximum absolute atomic E-state index is 9.35. The SMILES string of the molecule is CC/C(N=N)=N/N=O. The van der Waals surface area contributed by atoms with Crippen molar-refractivity contribution in [2.24, 2.45) is 15.5 Å². The van der Waals surface area contributed by atoms with E-state index in [4.69, 9.17) is 5.53 Å². The fourth-order valence-corrected chi connectivity index (χ4v) is 0.219. The molecule has 0 aromatic heterocycles. The van der Waals surface area contributed by atoms with Crippen LogP contribution >= 0.6 is 0 Å². The van der Waals surface area contributed by atoms with Crippen LogP contribution in [0.2, 0.25) is 0 Å². The lowest BCUT2D eigenvalue weighted by atomic mass is 10.5. The molecule has 0 saturated heterocycles. The Balaban J connectivity index is 3.84. The predicted molar refractivity (Wildman–Crippen MR) is 28.7 cm³/mol. The van der Waals surface area contributed by atoms with E-state index in [-0.39, 0.29) is 5.84 Å². The smallest absolute Gasteiger partial charge is 0.175 e. The van der Waals surface area contributed by atoms with E-state index >= 15 is 0 Å². The molecule has 0 rings (SSSR count). The molecule has 5 nitrogen and oxygen atoms in total. The summed E-state index contributed by atoms with van der Waals surface area (Å²) in [5.74, 6) is 0.153. The van der Waals surface area contributed by atoms with E-state index < -0.39 is 0 Å². The summed E-state index contributed by atoms with van der Waals surface area (Å²) in [6, 6.07) is 0. The van der Waals surface area contributed by atoms with Crippen LogP contribution in [0.3, 0.4) is 0 Å². The Morgan fingerprint density at radius 1 is 1.75 bits per heavy atom. The molecule has 0 saturated carbocycles. The third-order valence-electron chi connectivity index (χ3n) is 0.602. The molecule has 0 aliphatic heterocycles. The number of hydrogen-bond donors (Lipinski definition) is 1. The molecule has 0 radical (unpaired) electrons. The van der Waals surface area contributed by atoms with Crippen molar-refractivity contribution in [3.8, 4) is 0 Å². The van der Waals surface area contributed by atoms with E-state index in [1.807, 2.05) is 0 Å². The molecule has 1 N–H and O–H groups in total. The summed E-state index contributed by atoms with van der Waals surface area (Å²) in [6.07, 6.45) is 0.468. The summed E-state index contributed by atoms with van der Waals surface area (Å²) in [6.45, 7) is 1.74. The van der Waals surface area contributed by atoms with Gasteiger partial charge in [-0.25, -0.2) is 5.53 Å². The van der Waals surface area contributed by atoms with Gasteiger partial charge in [-0.3, -0.25) is 0 Å². The molecule has 0 amide bonds. The molecule has 0 aliphatic rings. The van der Waals surface area contributed by atoms with Gasteiger partial charge in [0.25, 0.3) is 0 Å². The van der Waals surface area contributed by atoms with Crippen LogP contribution in [0.1, 0.15) is 13.3 Å². The normalized spacial score (nSPS) is 10.9. The van der Waals surface area contributed by atoms with Crippen molar-refractivity contribution in [2.75, 3.05) is 0 Å². The third-order valence-corrected chi connectivity index (χ3v) is 0.602. The first kappa shape index (κ1) is 6.87. The van der Waals surface area contributed by atoms with Gasteiger partial charge in [0.2, 0.25) is 0 Å². The largest absolute Gasteiger partial charge is 0.203 e.